The number of hydrogen-bond acceptors (Lipinski definition) is 5. The number of hydrogen-bond donors (Lipinski definition) is 1. The van der Waals surface area contributed by atoms with Gasteiger partial charge in [0.1, 0.15) is 5.75 Å². The van der Waals surface area contributed by atoms with Crippen LogP contribution in [0.5, 0.6) is 5.75 Å². The predicted octanol–water partition coefficient (Wildman–Crippen LogP) is 1.78. The topological polar surface area (TPSA) is 92.8 Å². The van der Waals surface area contributed by atoms with Crippen molar-refractivity contribution in [2.24, 2.45) is 5.92 Å². The molecule has 1 heterocycles. The molecule has 1 aliphatic heterocycles. The van der Waals surface area contributed by atoms with Gasteiger partial charge in [-0.1, -0.05) is 24.3 Å². The molecule has 0 spiro atoms. The third kappa shape index (κ3) is 4.21. The molecule has 0 aliphatic carbocycles. The molecule has 2 aromatic rings. The second-order valence-corrected chi connectivity index (χ2v) is 8.44. The van der Waals surface area contributed by atoms with Gasteiger partial charge in [-0.15, -0.1) is 0 Å². The van der Waals surface area contributed by atoms with E-state index in [-0.39, 0.29) is 12.5 Å². The number of nitrogens with one attached hydrogen (secondary N) is 1. The Bertz CT molecular complexity index is 987. The van der Waals surface area contributed by atoms with Gasteiger partial charge in [-0.25, -0.2) is 8.42 Å². The van der Waals surface area contributed by atoms with Crippen molar-refractivity contribution < 1.29 is 22.7 Å². The summed E-state index contributed by atoms with van der Waals surface area (Å²) < 4.78 is 30.0. The van der Waals surface area contributed by atoms with Gasteiger partial charge in [0, 0.05) is 24.0 Å². The van der Waals surface area contributed by atoms with Gasteiger partial charge in [-0.05, 0) is 30.4 Å². The molecule has 2 aromatic carbocycles. The molecule has 0 bridgehead atoms. The Morgan fingerprint density at radius 3 is 2.52 bits per heavy atom. The maximum atomic E-state index is 13.1. The first kappa shape index (κ1) is 19.2. The first-order valence-electron chi connectivity index (χ1n) is 8.67. The van der Waals surface area contributed by atoms with Crippen molar-refractivity contribution in [3.63, 3.8) is 0 Å². The number of nitrogens with zero attached hydrogens (tertiary/aromatic N) is 1. The van der Waals surface area contributed by atoms with Crippen molar-refractivity contribution in [1.82, 2.24) is 9.62 Å². The molecule has 8 heteroatoms. The van der Waals surface area contributed by atoms with Gasteiger partial charge in [-0.3, -0.25) is 14.3 Å². The number of rotatable bonds is 4. The first-order valence-corrected chi connectivity index (χ1v) is 10.6. The summed E-state index contributed by atoms with van der Waals surface area (Å²) in [5.74, 6) is -0.589. The average molecular weight is 390 g/mol. The van der Waals surface area contributed by atoms with Crippen molar-refractivity contribution in [2.45, 2.75) is 12.8 Å². The Morgan fingerprint density at radius 2 is 1.85 bits per heavy atom. The molecule has 1 fully saturated rings. The lowest BCUT2D eigenvalue weighted by atomic mass is 9.96. The van der Waals surface area contributed by atoms with Crippen LogP contribution in [0.2, 0.25) is 0 Å². The standard InChI is InChI=1S/C19H22N2O5S/c1-26-17-10-9-16(14-7-3-4-8-15(14)17)19(23)21-11-5-6-13(12-21)18(22)20-27(2,24)25/h3-4,7-10,13H,5-6,11-12H2,1-2H3,(H,20,22). The normalized spacial score (nSPS) is 17.6. The van der Waals surface area contributed by atoms with E-state index in [0.717, 1.165) is 17.0 Å². The fourth-order valence-electron chi connectivity index (χ4n) is 3.45. The summed E-state index contributed by atoms with van der Waals surface area (Å²) in [6.07, 6.45) is 2.14. The smallest absolute Gasteiger partial charge is 0.254 e. The van der Waals surface area contributed by atoms with Crippen LogP contribution in [0.1, 0.15) is 23.2 Å². The Hall–Kier alpha value is -2.61. The molecule has 7 nitrogen and oxygen atoms in total. The number of methoxy groups -OCH3 is 1. The van der Waals surface area contributed by atoms with Crippen LogP contribution in [0, 0.1) is 5.92 Å². The zero-order chi connectivity index (χ0) is 19.6. The summed E-state index contributed by atoms with van der Waals surface area (Å²) in [5, 5.41) is 1.62. The number of carbonyl (C=O) groups excluding carboxylic acids is 2. The average Bonchev–Trinajstić information content (AvgIpc) is 2.65. The number of fused-ring (bicyclic) bond motifs is 1. The lowest BCUT2D eigenvalue weighted by molar-refractivity contribution is -0.124. The fourth-order valence-corrected chi connectivity index (χ4v) is 3.98. The van der Waals surface area contributed by atoms with Gasteiger partial charge in [-0.2, -0.15) is 0 Å². The summed E-state index contributed by atoms with van der Waals surface area (Å²) in [6.45, 7) is 0.725. The first-order chi connectivity index (χ1) is 12.8. The monoisotopic (exact) mass is 390 g/mol. The number of amides is 2. The van der Waals surface area contributed by atoms with E-state index in [1.54, 1.807) is 24.1 Å². The molecule has 144 valence electrons. The highest BCUT2D eigenvalue weighted by Crippen LogP contribution is 2.30. The van der Waals surface area contributed by atoms with E-state index in [4.69, 9.17) is 4.74 Å². The zero-order valence-electron chi connectivity index (χ0n) is 15.3. The Balaban J connectivity index is 1.86. The second kappa shape index (κ2) is 7.56. The SMILES string of the molecule is COc1ccc(C(=O)N2CCCC(C(=O)NS(C)(=O)=O)C2)c2ccccc12. The number of ether oxygens (including phenoxy) is 1. The van der Waals surface area contributed by atoms with Gasteiger partial charge >= 0.3 is 0 Å². The highest BCUT2D eigenvalue weighted by molar-refractivity contribution is 7.89. The molecule has 1 atom stereocenters. The minimum Gasteiger partial charge on any atom is -0.496 e. The van der Waals surface area contributed by atoms with Crippen LogP contribution in [-0.2, 0) is 14.8 Å². The van der Waals surface area contributed by atoms with Crippen LogP contribution >= 0.6 is 0 Å². The van der Waals surface area contributed by atoms with Gasteiger partial charge in [0.2, 0.25) is 15.9 Å². The summed E-state index contributed by atoms with van der Waals surface area (Å²) in [7, 11) is -2.03. The number of benzene rings is 2. The fraction of sp³-hybridized carbons (Fsp3) is 0.368. The Kier molecular flexibility index (Phi) is 5.36. The second-order valence-electron chi connectivity index (χ2n) is 6.69. The van der Waals surface area contributed by atoms with Crippen LogP contribution < -0.4 is 9.46 Å². The molecule has 1 saturated heterocycles. The van der Waals surface area contributed by atoms with Crippen LogP contribution in [0.3, 0.4) is 0 Å². The van der Waals surface area contributed by atoms with E-state index in [9.17, 15) is 18.0 Å². The molecule has 1 aliphatic rings. The van der Waals surface area contributed by atoms with Gasteiger partial charge in [0.05, 0.1) is 19.3 Å². The van der Waals surface area contributed by atoms with Crippen molar-refractivity contribution in [2.75, 3.05) is 26.5 Å². The van der Waals surface area contributed by atoms with Gasteiger partial charge in [0.25, 0.3) is 5.91 Å². The minimum absolute atomic E-state index is 0.175. The number of piperidine rings is 1. The van der Waals surface area contributed by atoms with E-state index in [0.29, 0.717) is 30.7 Å². The number of likely N-dealkylation sites (tertiary alicyclic amines) is 1. The predicted molar refractivity (Wildman–Crippen MR) is 102 cm³/mol. The molecule has 0 saturated carbocycles. The summed E-state index contributed by atoms with van der Waals surface area (Å²) in [4.78, 5) is 26.9. The Labute approximate surface area is 158 Å². The number of carbonyl (C=O) groups is 2. The molecule has 1 N–H and O–H groups in total. The molecule has 3 rings (SSSR count). The largest absolute Gasteiger partial charge is 0.496 e. The summed E-state index contributed by atoms with van der Waals surface area (Å²) >= 11 is 0. The maximum absolute atomic E-state index is 13.1. The van der Waals surface area contributed by atoms with E-state index >= 15 is 0 Å². The zero-order valence-corrected chi connectivity index (χ0v) is 16.1. The lowest BCUT2D eigenvalue weighted by Crippen LogP contribution is -2.46. The molecule has 0 aromatic heterocycles. The van der Waals surface area contributed by atoms with E-state index in [1.807, 2.05) is 29.0 Å². The highest BCUT2D eigenvalue weighted by atomic mass is 32.2. The molecule has 2 amide bonds. The van der Waals surface area contributed by atoms with E-state index < -0.39 is 21.8 Å². The van der Waals surface area contributed by atoms with Crippen molar-refractivity contribution in [3.8, 4) is 5.75 Å². The van der Waals surface area contributed by atoms with Crippen LogP contribution in [-0.4, -0.2) is 51.6 Å². The highest BCUT2D eigenvalue weighted by Gasteiger charge is 2.30. The van der Waals surface area contributed by atoms with Crippen LogP contribution in [0.25, 0.3) is 10.8 Å². The van der Waals surface area contributed by atoms with E-state index in [2.05, 4.69) is 0 Å². The maximum Gasteiger partial charge on any atom is 0.254 e. The lowest BCUT2D eigenvalue weighted by Gasteiger charge is -2.32. The van der Waals surface area contributed by atoms with Gasteiger partial charge in [0.15, 0.2) is 0 Å². The quantitative estimate of drug-likeness (QED) is 0.859. The van der Waals surface area contributed by atoms with Crippen molar-refractivity contribution in [3.05, 3.63) is 42.0 Å². The van der Waals surface area contributed by atoms with Crippen LogP contribution in [0.15, 0.2) is 36.4 Å². The van der Waals surface area contributed by atoms with Gasteiger partial charge < -0.3 is 9.64 Å². The summed E-state index contributed by atoms with van der Waals surface area (Å²) in [5.41, 5.74) is 0.538. The summed E-state index contributed by atoms with van der Waals surface area (Å²) in [6, 6.07) is 11.0. The Morgan fingerprint density at radius 1 is 1.15 bits per heavy atom. The molecule has 0 radical (unpaired) electrons. The molecule has 27 heavy (non-hydrogen) atoms. The number of sulfonamides is 1. The molecular formula is C19H22N2O5S. The van der Waals surface area contributed by atoms with Crippen molar-refractivity contribution in [1.29, 1.82) is 0 Å². The van der Waals surface area contributed by atoms with E-state index in [1.165, 1.54) is 0 Å². The molecule has 1 unspecified atom stereocenters. The third-order valence-electron chi connectivity index (χ3n) is 4.70. The third-order valence-corrected chi connectivity index (χ3v) is 5.27. The molecular weight excluding hydrogens is 368 g/mol. The minimum atomic E-state index is -3.62. The van der Waals surface area contributed by atoms with Crippen molar-refractivity contribution >= 4 is 32.6 Å². The van der Waals surface area contributed by atoms with Crippen LogP contribution in [0.4, 0.5) is 0 Å².